The number of nitrogens with zero attached hydrogens (tertiary/aromatic N) is 1. The van der Waals surface area contributed by atoms with Gasteiger partial charge >= 0.3 is 0 Å². The Kier molecular flexibility index (Phi) is 2.61. The van der Waals surface area contributed by atoms with E-state index in [1.807, 2.05) is 32.0 Å². The Morgan fingerprint density at radius 2 is 1.50 bits per heavy atom. The van der Waals surface area contributed by atoms with Crippen LogP contribution in [0.3, 0.4) is 0 Å². The van der Waals surface area contributed by atoms with Crippen LogP contribution in [-0.4, -0.2) is 16.9 Å². The number of imide groups is 1. The van der Waals surface area contributed by atoms with Crippen LogP contribution < -0.4 is 4.90 Å². The van der Waals surface area contributed by atoms with E-state index in [0.717, 1.165) is 16.0 Å². The van der Waals surface area contributed by atoms with Crippen molar-refractivity contribution in [1.29, 1.82) is 0 Å². The number of aromatic hydroxyl groups is 1. The van der Waals surface area contributed by atoms with Gasteiger partial charge < -0.3 is 5.11 Å². The molecule has 0 bridgehead atoms. The number of hydrogen-bond acceptors (Lipinski definition) is 3. The maximum atomic E-state index is 12.5. The van der Waals surface area contributed by atoms with E-state index >= 15 is 0 Å². The maximum absolute atomic E-state index is 12.5. The van der Waals surface area contributed by atoms with Gasteiger partial charge in [0.05, 0.1) is 16.8 Å². The first-order valence-electron chi connectivity index (χ1n) is 6.29. The smallest absolute Gasteiger partial charge is 0.269 e. The van der Waals surface area contributed by atoms with Crippen LogP contribution in [0.5, 0.6) is 5.75 Å². The summed E-state index contributed by atoms with van der Waals surface area (Å²) >= 11 is 0. The van der Waals surface area contributed by atoms with E-state index in [9.17, 15) is 14.7 Å². The molecule has 2 amide bonds. The third kappa shape index (κ3) is 1.54. The summed E-state index contributed by atoms with van der Waals surface area (Å²) in [6, 6.07) is 10.1. The fraction of sp³-hybridized carbons (Fsp3) is 0.125. The Balaban J connectivity index is 2.23. The molecule has 2 aromatic carbocycles. The van der Waals surface area contributed by atoms with Gasteiger partial charge in [-0.05, 0) is 37.1 Å². The number of rotatable bonds is 1. The van der Waals surface area contributed by atoms with E-state index in [1.165, 1.54) is 6.07 Å². The number of carbonyl (C=O) groups is 2. The highest BCUT2D eigenvalue weighted by molar-refractivity contribution is 6.35. The molecule has 0 radical (unpaired) electrons. The molecule has 0 aromatic heterocycles. The number of hydrogen-bond donors (Lipinski definition) is 1. The van der Waals surface area contributed by atoms with E-state index in [4.69, 9.17) is 0 Å². The first kappa shape index (κ1) is 12.4. The van der Waals surface area contributed by atoms with Gasteiger partial charge in [0, 0.05) is 0 Å². The molecule has 1 aliphatic rings. The molecule has 100 valence electrons. The lowest BCUT2D eigenvalue weighted by Crippen LogP contribution is -2.30. The summed E-state index contributed by atoms with van der Waals surface area (Å²) in [6.07, 6.45) is 0. The lowest BCUT2D eigenvalue weighted by atomic mass is 10.1. The first-order chi connectivity index (χ1) is 9.52. The average molecular weight is 267 g/mol. The number of aryl methyl sites for hydroxylation is 2. The van der Waals surface area contributed by atoms with Crippen molar-refractivity contribution >= 4 is 17.5 Å². The van der Waals surface area contributed by atoms with Crippen LogP contribution in [0.15, 0.2) is 36.4 Å². The average Bonchev–Trinajstić information content (AvgIpc) is 2.65. The van der Waals surface area contributed by atoms with E-state index in [2.05, 4.69) is 0 Å². The highest BCUT2D eigenvalue weighted by atomic mass is 16.3. The molecule has 3 rings (SSSR count). The lowest BCUT2D eigenvalue weighted by molar-refractivity contribution is 0.0925. The number of phenols is 1. The van der Waals surface area contributed by atoms with E-state index < -0.39 is 11.8 Å². The molecule has 1 heterocycles. The number of amides is 2. The highest BCUT2D eigenvalue weighted by Gasteiger charge is 2.39. The van der Waals surface area contributed by atoms with Crippen molar-refractivity contribution in [3.8, 4) is 5.75 Å². The van der Waals surface area contributed by atoms with Crippen molar-refractivity contribution < 1.29 is 14.7 Å². The summed E-state index contributed by atoms with van der Waals surface area (Å²) < 4.78 is 0. The van der Waals surface area contributed by atoms with Crippen molar-refractivity contribution in [1.82, 2.24) is 0 Å². The minimum atomic E-state index is -0.472. The molecule has 0 saturated heterocycles. The van der Waals surface area contributed by atoms with Crippen LogP contribution in [0.25, 0.3) is 0 Å². The van der Waals surface area contributed by atoms with Gasteiger partial charge in [-0.25, -0.2) is 4.90 Å². The van der Waals surface area contributed by atoms with Crippen molar-refractivity contribution in [3.05, 3.63) is 58.7 Å². The number of benzene rings is 2. The Hall–Kier alpha value is -2.62. The Morgan fingerprint density at radius 1 is 0.900 bits per heavy atom. The van der Waals surface area contributed by atoms with Gasteiger partial charge in [0.1, 0.15) is 5.75 Å². The van der Waals surface area contributed by atoms with Gasteiger partial charge in [0.2, 0.25) is 0 Å². The number of fused-ring (bicyclic) bond motifs is 1. The molecule has 0 saturated carbocycles. The second-order valence-electron chi connectivity index (χ2n) is 4.89. The second kappa shape index (κ2) is 4.20. The fourth-order valence-electron chi connectivity index (χ4n) is 2.63. The van der Waals surface area contributed by atoms with Crippen molar-refractivity contribution in [2.45, 2.75) is 13.8 Å². The van der Waals surface area contributed by atoms with Gasteiger partial charge in [0.25, 0.3) is 11.8 Å². The van der Waals surface area contributed by atoms with Gasteiger partial charge in [0.15, 0.2) is 0 Å². The summed E-state index contributed by atoms with van der Waals surface area (Å²) in [7, 11) is 0. The SMILES string of the molecule is Cc1cccc(C)c1N1C(=O)c2cccc(O)c2C1=O. The van der Waals surface area contributed by atoms with Crippen molar-refractivity contribution in [3.63, 3.8) is 0 Å². The van der Waals surface area contributed by atoms with Crippen LogP contribution in [0.2, 0.25) is 0 Å². The maximum Gasteiger partial charge on any atom is 0.269 e. The van der Waals surface area contributed by atoms with Crippen LogP contribution in [0.1, 0.15) is 31.8 Å². The molecule has 0 aliphatic carbocycles. The van der Waals surface area contributed by atoms with E-state index in [1.54, 1.807) is 12.1 Å². The van der Waals surface area contributed by atoms with Crippen LogP contribution in [0.4, 0.5) is 5.69 Å². The zero-order chi connectivity index (χ0) is 14.4. The lowest BCUT2D eigenvalue weighted by Gasteiger charge is -2.19. The fourth-order valence-corrected chi connectivity index (χ4v) is 2.63. The van der Waals surface area contributed by atoms with Crippen molar-refractivity contribution in [2.24, 2.45) is 0 Å². The predicted octanol–water partition coefficient (Wildman–Crippen LogP) is 2.81. The summed E-state index contributed by atoms with van der Waals surface area (Å²) in [5, 5.41) is 9.82. The Labute approximate surface area is 116 Å². The summed E-state index contributed by atoms with van der Waals surface area (Å²) in [5.74, 6) is -1.02. The number of phenolic OH excluding ortho intramolecular Hbond substituents is 1. The Morgan fingerprint density at radius 3 is 2.10 bits per heavy atom. The zero-order valence-electron chi connectivity index (χ0n) is 11.2. The molecular weight excluding hydrogens is 254 g/mol. The molecule has 0 atom stereocenters. The molecular formula is C16H13NO3. The van der Waals surface area contributed by atoms with Gasteiger partial charge in [-0.2, -0.15) is 0 Å². The zero-order valence-corrected chi connectivity index (χ0v) is 11.2. The molecule has 0 spiro atoms. The molecule has 1 N–H and O–H groups in total. The minimum absolute atomic E-state index is 0.0835. The van der Waals surface area contributed by atoms with E-state index in [0.29, 0.717) is 5.69 Å². The quantitative estimate of drug-likeness (QED) is 0.808. The second-order valence-corrected chi connectivity index (χ2v) is 4.89. The third-order valence-corrected chi connectivity index (χ3v) is 3.56. The molecule has 2 aromatic rings. The number of carbonyl (C=O) groups excluding carboxylic acids is 2. The van der Waals surface area contributed by atoms with Gasteiger partial charge in [-0.15, -0.1) is 0 Å². The standard InChI is InChI=1S/C16H13NO3/c1-9-5-3-6-10(2)14(9)17-15(19)11-7-4-8-12(18)13(11)16(17)20/h3-8,18H,1-2H3. The summed E-state index contributed by atoms with van der Waals surface area (Å²) in [5.41, 5.74) is 2.62. The molecule has 1 aliphatic heterocycles. The molecule has 20 heavy (non-hydrogen) atoms. The summed E-state index contributed by atoms with van der Waals surface area (Å²) in [6.45, 7) is 3.71. The largest absolute Gasteiger partial charge is 0.507 e. The first-order valence-corrected chi connectivity index (χ1v) is 6.29. The molecule has 4 nitrogen and oxygen atoms in total. The minimum Gasteiger partial charge on any atom is -0.507 e. The number of anilines is 1. The normalized spacial score (nSPS) is 13.8. The van der Waals surface area contributed by atoms with E-state index in [-0.39, 0.29) is 16.9 Å². The van der Waals surface area contributed by atoms with Crippen LogP contribution >= 0.6 is 0 Å². The van der Waals surface area contributed by atoms with Crippen LogP contribution in [0, 0.1) is 13.8 Å². The number of para-hydroxylation sites is 1. The molecule has 0 unspecified atom stereocenters. The van der Waals surface area contributed by atoms with Crippen molar-refractivity contribution in [2.75, 3.05) is 4.90 Å². The highest BCUT2D eigenvalue weighted by Crippen LogP contribution is 2.36. The third-order valence-electron chi connectivity index (χ3n) is 3.56. The summed E-state index contributed by atoms with van der Waals surface area (Å²) in [4.78, 5) is 26.1. The molecule has 4 heteroatoms. The monoisotopic (exact) mass is 267 g/mol. The topological polar surface area (TPSA) is 57.6 Å². The van der Waals surface area contributed by atoms with Gasteiger partial charge in [-0.3, -0.25) is 9.59 Å². The predicted molar refractivity (Wildman–Crippen MR) is 75.2 cm³/mol. The molecule has 0 fully saturated rings. The van der Waals surface area contributed by atoms with Gasteiger partial charge in [-0.1, -0.05) is 24.3 Å². The van der Waals surface area contributed by atoms with Crippen LogP contribution in [-0.2, 0) is 0 Å². The Bertz CT molecular complexity index is 729.